The summed E-state index contributed by atoms with van der Waals surface area (Å²) in [5, 5.41) is 0. The average molecular weight is 413 g/mol. The Morgan fingerprint density at radius 1 is 0.793 bits per heavy atom. The largest absolute Gasteiger partial charge is 0.494 e. The smallest absolute Gasteiger partial charge is 0.159 e. The van der Waals surface area contributed by atoms with Crippen molar-refractivity contribution in [2.75, 3.05) is 6.61 Å². The van der Waals surface area contributed by atoms with E-state index in [1.165, 1.54) is 56.6 Å². The first kappa shape index (κ1) is 23.6. The van der Waals surface area contributed by atoms with Gasteiger partial charge in [0.15, 0.2) is 5.82 Å². The molecule has 0 atom stereocenters. The zero-order valence-corrected chi connectivity index (χ0v) is 20.0. The number of rotatable bonds is 14. The number of aryl methyl sites for hydroxylation is 1. The summed E-state index contributed by atoms with van der Waals surface area (Å²) in [6.07, 6.45) is 15.4. The van der Waals surface area contributed by atoms with Gasteiger partial charge in [-0.05, 0) is 49.1 Å². The van der Waals surface area contributed by atoms with Gasteiger partial charge in [0.2, 0.25) is 0 Å². The highest BCUT2D eigenvalue weighted by atomic mass is 28.3. The van der Waals surface area contributed by atoms with E-state index >= 15 is 0 Å². The molecule has 0 radical (unpaired) electrons. The molecule has 4 heteroatoms. The monoisotopic (exact) mass is 412 g/mol. The second-order valence-corrected chi connectivity index (χ2v) is 14.9. The van der Waals surface area contributed by atoms with Gasteiger partial charge in [-0.15, -0.1) is 0 Å². The van der Waals surface area contributed by atoms with Gasteiger partial charge >= 0.3 is 0 Å². The van der Waals surface area contributed by atoms with Crippen LogP contribution in [0.5, 0.6) is 5.75 Å². The molecule has 0 fully saturated rings. The fourth-order valence-electron chi connectivity index (χ4n) is 3.39. The van der Waals surface area contributed by atoms with Crippen LogP contribution in [0.2, 0.25) is 25.7 Å². The minimum atomic E-state index is -0.920. The summed E-state index contributed by atoms with van der Waals surface area (Å²) in [6.45, 7) is 10.3. The highest BCUT2D eigenvalue weighted by Gasteiger charge is 2.11. The van der Waals surface area contributed by atoms with Gasteiger partial charge in [-0.2, -0.15) is 0 Å². The Morgan fingerprint density at radius 3 is 2.10 bits per heavy atom. The van der Waals surface area contributed by atoms with Gasteiger partial charge in [0.25, 0.3) is 0 Å². The lowest BCUT2D eigenvalue weighted by atomic mass is 10.1. The van der Waals surface area contributed by atoms with Gasteiger partial charge in [-0.3, -0.25) is 0 Å². The maximum Gasteiger partial charge on any atom is 0.159 e. The molecule has 160 valence electrons. The number of nitrogens with zero attached hydrogens (tertiary/aromatic N) is 2. The third-order valence-corrected chi connectivity index (χ3v) is 7.08. The van der Waals surface area contributed by atoms with Gasteiger partial charge in [-0.1, -0.05) is 71.1 Å². The average Bonchev–Trinajstić information content (AvgIpc) is 2.70. The van der Waals surface area contributed by atoms with Crippen LogP contribution in [0.15, 0.2) is 36.7 Å². The summed E-state index contributed by atoms with van der Waals surface area (Å²) >= 11 is 0. The third-order valence-electron chi connectivity index (χ3n) is 5.23. The minimum Gasteiger partial charge on any atom is -0.494 e. The van der Waals surface area contributed by atoms with Crippen LogP contribution in [0, 0.1) is 0 Å². The Bertz CT molecular complexity index is 677. The van der Waals surface area contributed by atoms with Crippen LogP contribution in [-0.2, 0) is 6.42 Å². The maximum atomic E-state index is 5.88. The van der Waals surface area contributed by atoms with Crippen LogP contribution in [0.3, 0.4) is 0 Å². The first-order chi connectivity index (χ1) is 14.0. The molecular formula is C25H40N2OSi. The van der Waals surface area contributed by atoms with Crippen LogP contribution in [0.4, 0.5) is 0 Å². The molecule has 1 aromatic carbocycles. The van der Waals surface area contributed by atoms with Crippen molar-refractivity contribution in [3.8, 4) is 17.1 Å². The molecule has 3 nitrogen and oxygen atoms in total. The molecule has 0 bridgehead atoms. The molecule has 1 heterocycles. The van der Waals surface area contributed by atoms with Crippen molar-refractivity contribution < 1.29 is 4.74 Å². The van der Waals surface area contributed by atoms with Crippen LogP contribution >= 0.6 is 0 Å². The summed E-state index contributed by atoms with van der Waals surface area (Å²) in [6, 6.07) is 9.55. The van der Waals surface area contributed by atoms with Crippen LogP contribution in [-0.4, -0.2) is 24.6 Å². The fourth-order valence-corrected chi connectivity index (χ4v) is 4.70. The van der Waals surface area contributed by atoms with E-state index in [1.54, 1.807) is 0 Å². The van der Waals surface area contributed by atoms with Crippen molar-refractivity contribution in [3.05, 3.63) is 42.2 Å². The fraction of sp³-hybridized carbons (Fsp3) is 0.600. The Morgan fingerprint density at radius 2 is 1.45 bits per heavy atom. The molecule has 29 heavy (non-hydrogen) atoms. The lowest BCUT2D eigenvalue weighted by Crippen LogP contribution is -2.18. The van der Waals surface area contributed by atoms with Crippen molar-refractivity contribution in [2.45, 2.75) is 90.4 Å². The minimum absolute atomic E-state index is 0.790. The Kier molecular flexibility index (Phi) is 10.4. The Balaban J connectivity index is 1.72. The highest BCUT2D eigenvalue weighted by Crippen LogP contribution is 2.20. The number of hydrogen-bond acceptors (Lipinski definition) is 3. The molecule has 0 aliphatic heterocycles. The summed E-state index contributed by atoms with van der Waals surface area (Å²) in [5.74, 6) is 1.72. The topological polar surface area (TPSA) is 35.0 Å². The van der Waals surface area contributed by atoms with Crippen LogP contribution in [0.25, 0.3) is 11.4 Å². The second-order valence-electron chi connectivity index (χ2n) is 9.32. The molecule has 2 aromatic rings. The van der Waals surface area contributed by atoms with E-state index in [1.807, 2.05) is 24.5 Å². The summed E-state index contributed by atoms with van der Waals surface area (Å²) in [4.78, 5) is 9.14. The maximum absolute atomic E-state index is 5.88. The lowest BCUT2D eigenvalue weighted by Gasteiger charge is -2.15. The Hall–Kier alpha value is -1.68. The van der Waals surface area contributed by atoms with E-state index in [4.69, 9.17) is 4.74 Å². The van der Waals surface area contributed by atoms with E-state index in [9.17, 15) is 0 Å². The number of benzene rings is 1. The van der Waals surface area contributed by atoms with E-state index in [-0.39, 0.29) is 0 Å². The summed E-state index contributed by atoms with van der Waals surface area (Å²) in [5.41, 5.74) is 2.28. The second kappa shape index (κ2) is 12.8. The van der Waals surface area contributed by atoms with E-state index in [2.05, 4.69) is 48.7 Å². The normalized spacial score (nSPS) is 11.6. The molecule has 0 aliphatic carbocycles. The summed E-state index contributed by atoms with van der Waals surface area (Å²) in [7, 11) is -0.920. The molecular weight excluding hydrogens is 372 g/mol. The molecule has 2 rings (SSSR count). The third kappa shape index (κ3) is 10.1. The van der Waals surface area contributed by atoms with E-state index in [0.29, 0.717) is 0 Å². The molecule has 0 unspecified atom stereocenters. The quantitative estimate of drug-likeness (QED) is 0.237. The van der Waals surface area contributed by atoms with Gasteiger partial charge < -0.3 is 4.74 Å². The molecule has 0 saturated heterocycles. The molecule has 0 N–H and O–H groups in total. The van der Waals surface area contributed by atoms with Crippen molar-refractivity contribution in [3.63, 3.8) is 0 Å². The summed E-state index contributed by atoms with van der Waals surface area (Å²) < 4.78 is 5.88. The van der Waals surface area contributed by atoms with Crippen molar-refractivity contribution in [1.82, 2.24) is 9.97 Å². The number of unbranched alkanes of at least 4 members (excludes halogenated alkanes) is 6. The SMILES string of the molecule is CCCCCCCCc1cnc(-c2ccc(OCCCC[Si](C)(C)C)cc2)nc1. The van der Waals surface area contributed by atoms with Crippen molar-refractivity contribution >= 4 is 8.07 Å². The van der Waals surface area contributed by atoms with Gasteiger partial charge in [0, 0.05) is 26.0 Å². The van der Waals surface area contributed by atoms with E-state index < -0.39 is 8.07 Å². The van der Waals surface area contributed by atoms with Gasteiger partial charge in [0.05, 0.1) is 6.61 Å². The van der Waals surface area contributed by atoms with Gasteiger partial charge in [0.1, 0.15) is 5.75 Å². The number of aromatic nitrogens is 2. The van der Waals surface area contributed by atoms with Crippen molar-refractivity contribution in [1.29, 1.82) is 0 Å². The highest BCUT2D eigenvalue weighted by molar-refractivity contribution is 6.76. The molecule has 0 saturated carbocycles. The zero-order chi connectivity index (χ0) is 21.0. The first-order valence-corrected chi connectivity index (χ1v) is 15.2. The molecule has 0 spiro atoms. The molecule has 0 aliphatic rings. The predicted octanol–water partition coefficient (Wildman–Crippen LogP) is 7.54. The lowest BCUT2D eigenvalue weighted by molar-refractivity contribution is 0.309. The van der Waals surface area contributed by atoms with E-state index in [0.717, 1.165) is 36.6 Å². The number of ether oxygens (including phenoxy) is 1. The van der Waals surface area contributed by atoms with Crippen LogP contribution in [0.1, 0.15) is 63.9 Å². The predicted molar refractivity (Wildman–Crippen MR) is 127 cm³/mol. The van der Waals surface area contributed by atoms with Crippen molar-refractivity contribution in [2.24, 2.45) is 0 Å². The van der Waals surface area contributed by atoms with Crippen LogP contribution < -0.4 is 4.74 Å². The molecule has 0 amide bonds. The zero-order valence-electron chi connectivity index (χ0n) is 19.0. The van der Waals surface area contributed by atoms with Gasteiger partial charge in [-0.25, -0.2) is 9.97 Å². The Labute approximate surface area is 179 Å². The standard InChI is InChI=1S/C25H40N2OSi/c1-5-6-7-8-9-10-13-22-20-26-25(27-21-22)23-14-16-24(17-15-23)28-18-11-12-19-29(2,3)4/h14-17,20-21H,5-13,18-19H2,1-4H3. The number of hydrogen-bond donors (Lipinski definition) is 0. The molecule has 1 aromatic heterocycles. The first-order valence-electron chi connectivity index (χ1n) is 11.5.